The summed E-state index contributed by atoms with van der Waals surface area (Å²) in [6.45, 7) is 3.64. The molecule has 0 bridgehead atoms. The van der Waals surface area contributed by atoms with E-state index in [0.29, 0.717) is 15.8 Å². The van der Waals surface area contributed by atoms with E-state index in [1.807, 2.05) is 13.8 Å². The molecule has 0 unspecified atom stereocenters. The lowest BCUT2D eigenvalue weighted by Crippen LogP contribution is -2.15. The van der Waals surface area contributed by atoms with E-state index in [1.54, 1.807) is 36.4 Å². The summed E-state index contributed by atoms with van der Waals surface area (Å²) in [7, 11) is -3.61. The Hall–Kier alpha value is -1.53. The van der Waals surface area contributed by atoms with Crippen molar-refractivity contribution >= 4 is 37.3 Å². The van der Waals surface area contributed by atoms with Gasteiger partial charge in [0.2, 0.25) is 0 Å². The lowest BCUT2D eigenvalue weighted by atomic mass is 10.1. The van der Waals surface area contributed by atoms with Crippen LogP contribution in [0.5, 0.6) is 0 Å². The number of hydrogen-bond acceptors (Lipinski definition) is 3. The molecule has 0 fully saturated rings. The molecule has 0 saturated heterocycles. The first-order valence-electron chi connectivity index (χ1n) is 5.95. The van der Waals surface area contributed by atoms with Crippen LogP contribution in [0.25, 0.3) is 0 Å². The second-order valence-corrected chi connectivity index (χ2v) is 7.19. The molecule has 6 heteroatoms. The summed E-state index contributed by atoms with van der Waals surface area (Å²) in [4.78, 5) is 0.211. The zero-order valence-corrected chi connectivity index (χ0v) is 13.5. The molecule has 0 heterocycles. The molecular weight excluding hydrogens is 340 g/mol. The summed E-state index contributed by atoms with van der Waals surface area (Å²) in [5.41, 5.74) is 8.51. The number of halogens is 1. The number of sulfonamides is 1. The van der Waals surface area contributed by atoms with Gasteiger partial charge in [-0.15, -0.1) is 0 Å². The lowest BCUT2D eigenvalue weighted by molar-refractivity contribution is 0.601. The molecule has 106 valence electrons. The van der Waals surface area contributed by atoms with Crippen LogP contribution in [0.1, 0.15) is 11.1 Å². The van der Waals surface area contributed by atoms with Crippen LogP contribution in [0.3, 0.4) is 0 Å². The normalized spacial score (nSPS) is 11.3. The maximum absolute atomic E-state index is 12.4. The minimum Gasteiger partial charge on any atom is -0.399 e. The molecule has 0 amide bonds. The van der Waals surface area contributed by atoms with Gasteiger partial charge in [0.05, 0.1) is 10.6 Å². The standard InChI is InChI=1S/C14H15BrN2O2S/c1-9-6-12(16)7-10(2)14(9)17-20(18,19)13-5-3-4-11(15)8-13/h3-8,17H,16H2,1-2H3. The van der Waals surface area contributed by atoms with Gasteiger partial charge < -0.3 is 5.73 Å². The zero-order valence-electron chi connectivity index (χ0n) is 11.1. The summed E-state index contributed by atoms with van der Waals surface area (Å²) >= 11 is 3.27. The minimum atomic E-state index is -3.61. The molecule has 0 radical (unpaired) electrons. The highest BCUT2D eigenvalue weighted by atomic mass is 79.9. The van der Waals surface area contributed by atoms with E-state index < -0.39 is 10.0 Å². The van der Waals surface area contributed by atoms with Gasteiger partial charge in [0, 0.05) is 10.2 Å². The van der Waals surface area contributed by atoms with Crippen LogP contribution >= 0.6 is 15.9 Å². The monoisotopic (exact) mass is 354 g/mol. The van der Waals surface area contributed by atoms with Crippen LogP contribution in [0.4, 0.5) is 11.4 Å². The Kier molecular flexibility index (Phi) is 4.06. The van der Waals surface area contributed by atoms with Crippen molar-refractivity contribution in [2.45, 2.75) is 18.7 Å². The molecule has 0 saturated carbocycles. The lowest BCUT2D eigenvalue weighted by Gasteiger charge is -2.14. The number of nitrogens with two attached hydrogens (primary N) is 1. The van der Waals surface area contributed by atoms with Gasteiger partial charge in [-0.3, -0.25) is 4.72 Å². The number of hydrogen-bond donors (Lipinski definition) is 2. The topological polar surface area (TPSA) is 72.2 Å². The maximum Gasteiger partial charge on any atom is 0.261 e. The highest BCUT2D eigenvalue weighted by Gasteiger charge is 2.17. The fraction of sp³-hybridized carbons (Fsp3) is 0.143. The first-order valence-corrected chi connectivity index (χ1v) is 8.22. The van der Waals surface area contributed by atoms with E-state index >= 15 is 0 Å². The van der Waals surface area contributed by atoms with Gasteiger partial charge in [0.15, 0.2) is 0 Å². The van der Waals surface area contributed by atoms with Crippen molar-refractivity contribution < 1.29 is 8.42 Å². The fourth-order valence-corrected chi connectivity index (χ4v) is 3.78. The molecule has 4 nitrogen and oxygen atoms in total. The van der Waals surface area contributed by atoms with Crippen LogP contribution in [0, 0.1) is 13.8 Å². The van der Waals surface area contributed by atoms with Crippen molar-refractivity contribution in [1.82, 2.24) is 0 Å². The Morgan fingerprint density at radius 1 is 1.10 bits per heavy atom. The van der Waals surface area contributed by atoms with Crippen molar-refractivity contribution in [1.29, 1.82) is 0 Å². The average molecular weight is 355 g/mol. The van der Waals surface area contributed by atoms with E-state index in [9.17, 15) is 8.42 Å². The summed E-state index contributed by atoms with van der Waals surface area (Å²) in [6.07, 6.45) is 0. The summed E-state index contributed by atoms with van der Waals surface area (Å²) in [5.74, 6) is 0. The van der Waals surface area contributed by atoms with Gasteiger partial charge in [0.1, 0.15) is 0 Å². The zero-order chi connectivity index (χ0) is 14.9. The van der Waals surface area contributed by atoms with Gasteiger partial charge in [-0.05, 0) is 55.3 Å². The van der Waals surface area contributed by atoms with E-state index in [1.165, 1.54) is 0 Å². The second-order valence-electron chi connectivity index (χ2n) is 4.59. The summed E-state index contributed by atoms with van der Waals surface area (Å²) in [5, 5.41) is 0. The third kappa shape index (κ3) is 3.13. The number of benzene rings is 2. The largest absolute Gasteiger partial charge is 0.399 e. The highest BCUT2D eigenvalue weighted by Crippen LogP contribution is 2.26. The molecular formula is C14H15BrN2O2S. The predicted octanol–water partition coefficient (Wildman–Crippen LogP) is 3.45. The molecule has 0 atom stereocenters. The van der Waals surface area contributed by atoms with Crippen molar-refractivity contribution in [3.63, 3.8) is 0 Å². The molecule has 0 spiro atoms. The molecule has 2 aromatic rings. The predicted molar refractivity (Wildman–Crippen MR) is 85.3 cm³/mol. The smallest absolute Gasteiger partial charge is 0.261 e. The molecule has 2 rings (SSSR count). The van der Waals surface area contributed by atoms with Gasteiger partial charge in [-0.1, -0.05) is 22.0 Å². The minimum absolute atomic E-state index is 0.211. The van der Waals surface area contributed by atoms with Gasteiger partial charge in [-0.2, -0.15) is 0 Å². The Morgan fingerprint density at radius 3 is 2.25 bits per heavy atom. The van der Waals surface area contributed by atoms with Crippen LogP contribution in [0.15, 0.2) is 45.8 Å². The van der Waals surface area contributed by atoms with Crippen LogP contribution in [-0.2, 0) is 10.0 Å². The number of aryl methyl sites for hydroxylation is 2. The third-order valence-electron chi connectivity index (χ3n) is 2.90. The second kappa shape index (κ2) is 5.46. The van der Waals surface area contributed by atoms with Gasteiger partial charge in [0.25, 0.3) is 10.0 Å². The van der Waals surface area contributed by atoms with Gasteiger partial charge >= 0.3 is 0 Å². The van der Waals surface area contributed by atoms with Crippen LogP contribution < -0.4 is 10.5 Å². The SMILES string of the molecule is Cc1cc(N)cc(C)c1NS(=O)(=O)c1cccc(Br)c1. The van der Waals surface area contributed by atoms with Crippen molar-refractivity contribution in [3.8, 4) is 0 Å². The molecule has 0 aromatic heterocycles. The van der Waals surface area contributed by atoms with E-state index in [0.717, 1.165) is 11.1 Å². The quantitative estimate of drug-likeness (QED) is 0.829. The Morgan fingerprint density at radius 2 is 1.70 bits per heavy atom. The number of nitrogens with one attached hydrogen (secondary N) is 1. The molecule has 3 N–H and O–H groups in total. The Balaban J connectivity index is 2.44. The molecule has 0 aliphatic heterocycles. The summed E-state index contributed by atoms with van der Waals surface area (Å²) < 4.78 is 28.1. The number of nitrogen functional groups attached to an aromatic ring is 1. The van der Waals surface area contributed by atoms with Crippen LogP contribution in [-0.4, -0.2) is 8.42 Å². The molecule has 0 aliphatic rings. The summed E-state index contributed by atoms with van der Waals surface area (Å²) in [6, 6.07) is 10.1. The van der Waals surface area contributed by atoms with Crippen molar-refractivity contribution in [3.05, 3.63) is 52.0 Å². The molecule has 2 aromatic carbocycles. The maximum atomic E-state index is 12.4. The number of rotatable bonds is 3. The average Bonchev–Trinajstić information content (AvgIpc) is 2.34. The third-order valence-corrected chi connectivity index (χ3v) is 4.74. The highest BCUT2D eigenvalue weighted by molar-refractivity contribution is 9.10. The molecule has 0 aliphatic carbocycles. The van der Waals surface area contributed by atoms with Crippen molar-refractivity contribution in [2.24, 2.45) is 0 Å². The number of anilines is 2. The Bertz CT molecular complexity index is 735. The van der Waals surface area contributed by atoms with E-state index in [-0.39, 0.29) is 4.90 Å². The van der Waals surface area contributed by atoms with Gasteiger partial charge in [-0.25, -0.2) is 8.42 Å². The first kappa shape index (κ1) is 14.9. The van der Waals surface area contributed by atoms with E-state index in [2.05, 4.69) is 20.7 Å². The molecule has 20 heavy (non-hydrogen) atoms. The van der Waals surface area contributed by atoms with Crippen molar-refractivity contribution in [2.75, 3.05) is 10.5 Å². The first-order chi connectivity index (χ1) is 9.29. The van der Waals surface area contributed by atoms with Crippen LogP contribution in [0.2, 0.25) is 0 Å². The van der Waals surface area contributed by atoms with E-state index in [4.69, 9.17) is 5.73 Å². The Labute approximate surface area is 127 Å². The fourth-order valence-electron chi connectivity index (χ4n) is 1.99.